The zero-order chi connectivity index (χ0) is 14.1. The molecule has 110 valence electrons. The number of hydrogen-bond acceptors (Lipinski definition) is 3. The van der Waals surface area contributed by atoms with Gasteiger partial charge in [-0.3, -0.25) is 9.59 Å². The topological polar surface area (TPSA) is 78.4 Å². The molecule has 0 aromatic rings. The molecule has 0 aliphatic heterocycles. The van der Waals surface area contributed by atoms with Gasteiger partial charge in [0, 0.05) is 25.0 Å². The summed E-state index contributed by atoms with van der Waals surface area (Å²) in [4.78, 5) is 23.1. The highest BCUT2D eigenvalue weighted by atomic mass is 16.3. The molecule has 2 atom stereocenters. The summed E-state index contributed by atoms with van der Waals surface area (Å²) in [6.07, 6.45) is 6.48. The third-order valence-corrected chi connectivity index (χ3v) is 3.66. The summed E-state index contributed by atoms with van der Waals surface area (Å²) in [5.41, 5.74) is 0. The normalized spacial score (nSPS) is 23.5. The van der Waals surface area contributed by atoms with E-state index in [2.05, 4.69) is 10.6 Å². The molecule has 0 aromatic carbocycles. The summed E-state index contributed by atoms with van der Waals surface area (Å²) in [6, 6.07) is 0.0445. The van der Waals surface area contributed by atoms with Crippen molar-refractivity contribution in [1.82, 2.24) is 10.6 Å². The second-order valence-electron chi connectivity index (χ2n) is 5.28. The van der Waals surface area contributed by atoms with Crippen LogP contribution in [0.15, 0.2) is 0 Å². The highest BCUT2D eigenvalue weighted by Crippen LogP contribution is 2.22. The minimum absolute atomic E-state index is 0.0352. The monoisotopic (exact) mass is 270 g/mol. The Morgan fingerprint density at radius 2 is 1.89 bits per heavy atom. The summed E-state index contributed by atoms with van der Waals surface area (Å²) in [6.45, 7) is 2.08. The number of aliphatic hydroxyl groups excluding tert-OH is 1. The quantitative estimate of drug-likeness (QED) is 0.629. The van der Waals surface area contributed by atoms with Crippen molar-refractivity contribution in [2.24, 2.45) is 5.92 Å². The number of hydrogen-bond donors (Lipinski definition) is 3. The third-order valence-electron chi connectivity index (χ3n) is 3.66. The molecular weight excluding hydrogens is 244 g/mol. The Morgan fingerprint density at radius 3 is 2.58 bits per heavy atom. The highest BCUT2D eigenvalue weighted by Gasteiger charge is 2.24. The van der Waals surface area contributed by atoms with E-state index in [9.17, 15) is 14.7 Å². The van der Waals surface area contributed by atoms with Gasteiger partial charge < -0.3 is 15.7 Å². The molecule has 0 bridgehead atoms. The molecule has 1 aliphatic rings. The van der Waals surface area contributed by atoms with E-state index in [1.165, 1.54) is 0 Å². The van der Waals surface area contributed by atoms with E-state index in [4.69, 9.17) is 0 Å². The summed E-state index contributed by atoms with van der Waals surface area (Å²) in [5, 5.41) is 14.9. The molecule has 1 rings (SSSR count). The molecule has 2 unspecified atom stereocenters. The number of amides is 2. The van der Waals surface area contributed by atoms with E-state index in [0.717, 1.165) is 38.5 Å². The maximum absolute atomic E-state index is 11.8. The van der Waals surface area contributed by atoms with Crippen LogP contribution in [-0.2, 0) is 9.59 Å². The van der Waals surface area contributed by atoms with Gasteiger partial charge in [0.15, 0.2) is 0 Å². The fourth-order valence-electron chi connectivity index (χ4n) is 2.55. The first-order valence-electron chi connectivity index (χ1n) is 7.34. The number of aliphatic hydroxyl groups is 1. The molecule has 0 spiro atoms. The zero-order valence-electron chi connectivity index (χ0n) is 11.8. The number of nitrogens with one attached hydrogen (secondary N) is 2. The lowest BCUT2D eigenvalue weighted by molar-refractivity contribution is -0.126. The predicted octanol–water partition coefficient (Wildman–Crippen LogP) is 0.960. The Balaban J connectivity index is 2.34. The first-order valence-corrected chi connectivity index (χ1v) is 7.34. The second kappa shape index (κ2) is 8.91. The lowest BCUT2D eigenvalue weighted by Gasteiger charge is -2.24. The van der Waals surface area contributed by atoms with Crippen molar-refractivity contribution in [3.63, 3.8) is 0 Å². The van der Waals surface area contributed by atoms with E-state index in [1.54, 1.807) is 0 Å². The number of rotatable bonds is 6. The van der Waals surface area contributed by atoms with Gasteiger partial charge in [-0.2, -0.15) is 0 Å². The van der Waals surface area contributed by atoms with E-state index < -0.39 is 0 Å². The summed E-state index contributed by atoms with van der Waals surface area (Å²) in [7, 11) is 0. The molecule has 5 nitrogen and oxygen atoms in total. The lowest BCUT2D eigenvalue weighted by Crippen LogP contribution is -2.45. The van der Waals surface area contributed by atoms with Crippen molar-refractivity contribution in [3.05, 3.63) is 0 Å². The molecule has 1 aliphatic carbocycles. The smallest absolute Gasteiger partial charge is 0.239 e. The maximum Gasteiger partial charge on any atom is 0.239 e. The number of carbonyl (C=O) groups excluding carboxylic acids is 2. The lowest BCUT2D eigenvalue weighted by atomic mass is 9.95. The molecule has 0 heterocycles. The zero-order valence-corrected chi connectivity index (χ0v) is 11.8. The molecule has 19 heavy (non-hydrogen) atoms. The van der Waals surface area contributed by atoms with Crippen molar-refractivity contribution in [2.45, 2.75) is 57.9 Å². The van der Waals surface area contributed by atoms with E-state index in [1.807, 2.05) is 6.92 Å². The van der Waals surface area contributed by atoms with Gasteiger partial charge in [0.1, 0.15) is 0 Å². The standard InChI is InChI=1S/C14H26N2O3/c1-2-6-13(18)15-9-14(19)16-12-8-5-3-4-7-11(12)10-17/h11-12,17H,2-10H2,1H3,(H,15,18)(H,16,19). The molecule has 0 aromatic heterocycles. The van der Waals surface area contributed by atoms with Crippen LogP contribution in [0, 0.1) is 5.92 Å². The Hall–Kier alpha value is -1.10. The van der Waals surface area contributed by atoms with Crippen LogP contribution in [0.1, 0.15) is 51.9 Å². The predicted molar refractivity (Wildman–Crippen MR) is 73.5 cm³/mol. The minimum Gasteiger partial charge on any atom is -0.396 e. The van der Waals surface area contributed by atoms with Crippen LogP contribution in [0.4, 0.5) is 0 Å². The summed E-state index contributed by atoms with van der Waals surface area (Å²) < 4.78 is 0. The highest BCUT2D eigenvalue weighted by molar-refractivity contribution is 5.84. The second-order valence-corrected chi connectivity index (χ2v) is 5.28. The molecule has 1 saturated carbocycles. The van der Waals surface area contributed by atoms with Crippen molar-refractivity contribution < 1.29 is 14.7 Å². The summed E-state index contributed by atoms with van der Waals surface area (Å²) >= 11 is 0. The van der Waals surface area contributed by atoms with Gasteiger partial charge in [0.25, 0.3) is 0 Å². The van der Waals surface area contributed by atoms with Gasteiger partial charge >= 0.3 is 0 Å². The first kappa shape index (κ1) is 16.0. The van der Waals surface area contributed by atoms with Crippen LogP contribution in [0.3, 0.4) is 0 Å². The van der Waals surface area contributed by atoms with Crippen molar-refractivity contribution in [3.8, 4) is 0 Å². The van der Waals surface area contributed by atoms with Gasteiger partial charge in [-0.15, -0.1) is 0 Å². The molecule has 0 saturated heterocycles. The number of carbonyl (C=O) groups is 2. The Morgan fingerprint density at radius 1 is 1.16 bits per heavy atom. The molecular formula is C14H26N2O3. The maximum atomic E-state index is 11.8. The van der Waals surface area contributed by atoms with Gasteiger partial charge in [-0.25, -0.2) is 0 Å². The fraction of sp³-hybridized carbons (Fsp3) is 0.857. The van der Waals surface area contributed by atoms with Gasteiger partial charge in [0.05, 0.1) is 6.54 Å². The summed E-state index contributed by atoms with van der Waals surface area (Å²) in [5.74, 6) is -0.0928. The van der Waals surface area contributed by atoms with Crippen LogP contribution >= 0.6 is 0 Å². The van der Waals surface area contributed by atoms with Gasteiger partial charge in [-0.05, 0) is 19.3 Å². The average Bonchev–Trinajstić information content (AvgIpc) is 2.62. The molecule has 1 fully saturated rings. The minimum atomic E-state index is -0.158. The van der Waals surface area contributed by atoms with E-state index >= 15 is 0 Å². The van der Waals surface area contributed by atoms with Crippen molar-refractivity contribution >= 4 is 11.8 Å². The average molecular weight is 270 g/mol. The van der Waals surface area contributed by atoms with E-state index in [0.29, 0.717) is 6.42 Å². The van der Waals surface area contributed by atoms with E-state index in [-0.39, 0.29) is 36.9 Å². The Bertz CT molecular complexity index is 294. The first-order chi connectivity index (χ1) is 9.17. The molecule has 3 N–H and O–H groups in total. The largest absolute Gasteiger partial charge is 0.396 e. The van der Waals surface area contributed by atoms with Crippen molar-refractivity contribution in [2.75, 3.05) is 13.2 Å². The van der Waals surface area contributed by atoms with Crippen LogP contribution in [0.25, 0.3) is 0 Å². The SMILES string of the molecule is CCCC(=O)NCC(=O)NC1CCCCCC1CO. The molecule has 5 heteroatoms. The van der Waals surface area contributed by atoms with Crippen molar-refractivity contribution in [1.29, 1.82) is 0 Å². The van der Waals surface area contributed by atoms with Crippen LogP contribution < -0.4 is 10.6 Å². The Labute approximate surface area is 115 Å². The van der Waals surface area contributed by atoms with Gasteiger partial charge in [-0.1, -0.05) is 26.2 Å². The molecule has 2 amide bonds. The molecule has 0 radical (unpaired) electrons. The van der Waals surface area contributed by atoms with Crippen LogP contribution in [0.5, 0.6) is 0 Å². The third kappa shape index (κ3) is 6.05. The van der Waals surface area contributed by atoms with Gasteiger partial charge in [0.2, 0.25) is 11.8 Å². The fourth-order valence-corrected chi connectivity index (χ4v) is 2.55. The van der Waals surface area contributed by atoms with Crippen LogP contribution in [-0.4, -0.2) is 36.1 Å². The van der Waals surface area contributed by atoms with Crippen LogP contribution in [0.2, 0.25) is 0 Å². The Kier molecular flexibility index (Phi) is 7.48.